The monoisotopic (exact) mass is 653 g/mol. The van der Waals surface area contributed by atoms with Crippen LogP contribution in [0.15, 0.2) is 90.2 Å². The molecule has 6 rings (SSSR count). The summed E-state index contributed by atoms with van der Waals surface area (Å²) in [4.78, 5) is 24.6. The molecule has 0 spiro atoms. The van der Waals surface area contributed by atoms with E-state index in [0.29, 0.717) is 42.9 Å². The van der Waals surface area contributed by atoms with Gasteiger partial charge in [0, 0.05) is 49.7 Å². The van der Waals surface area contributed by atoms with Crippen LogP contribution < -0.4 is 9.75 Å². The second-order valence-electron chi connectivity index (χ2n) is 13.0. The van der Waals surface area contributed by atoms with Gasteiger partial charge >= 0.3 is 0 Å². The Kier molecular flexibility index (Phi) is 9.69. The predicted molar refractivity (Wildman–Crippen MR) is 183 cm³/mol. The number of rotatable bonds is 11. The summed E-state index contributed by atoms with van der Waals surface area (Å²) >= 11 is 0. The van der Waals surface area contributed by atoms with Gasteiger partial charge in [-0.1, -0.05) is 72.8 Å². The number of carbonyl (C=O) groups is 1. The summed E-state index contributed by atoms with van der Waals surface area (Å²) in [6, 6.07) is 25.4. The molecule has 47 heavy (non-hydrogen) atoms. The molecule has 0 radical (unpaired) electrons. The topological polar surface area (TPSA) is 122 Å². The van der Waals surface area contributed by atoms with Gasteiger partial charge in [0.25, 0.3) is 0 Å². The van der Waals surface area contributed by atoms with E-state index in [4.69, 9.17) is 14.6 Å². The molecule has 0 saturated heterocycles. The van der Waals surface area contributed by atoms with Gasteiger partial charge in [-0.2, -0.15) is 5.10 Å². The molecule has 3 aromatic carbocycles. The molecule has 0 aliphatic carbocycles. The standard InChI is InChI=1S/C36H43N5O5Si/c1-24-35(45-2)28-21-27(41-34(43)18-16-30(38-41)26-13-9-6-10-14-26)15-17-32(28)46-36(24)33(47(3,4)44)19-20-40-22-31(37-39-40)29(23-42)25-11-7-5-8-12-25/h5-15,17,21-22,24,29,33,35-36,42,44H,16,18-20,23H2,1-4H3/t24-,29?,33?,35-,36-/m0/s1. The molecule has 2 aliphatic heterocycles. The predicted octanol–water partition coefficient (Wildman–Crippen LogP) is 5.68. The molecule has 11 heteroatoms. The summed E-state index contributed by atoms with van der Waals surface area (Å²) in [6.45, 7) is 6.46. The normalized spacial score (nSPS) is 21.1. The number of anilines is 1. The van der Waals surface area contributed by atoms with Crippen LogP contribution in [-0.4, -0.2) is 64.7 Å². The lowest BCUT2D eigenvalue weighted by Gasteiger charge is -2.44. The number of aliphatic hydroxyl groups excluding tert-OH is 1. The molecule has 0 saturated carbocycles. The van der Waals surface area contributed by atoms with Crippen molar-refractivity contribution in [2.24, 2.45) is 11.0 Å². The maximum atomic E-state index is 13.0. The third kappa shape index (κ3) is 6.94. The quantitative estimate of drug-likeness (QED) is 0.200. The molecule has 2 unspecified atom stereocenters. The maximum absolute atomic E-state index is 13.0. The van der Waals surface area contributed by atoms with Gasteiger partial charge in [0.2, 0.25) is 5.91 Å². The van der Waals surface area contributed by atoms with Crippen molar-refractivity contribution in [3.63, 3.8) is 0 Å². The number of fused-ring (bicyclic) bond motifs is 1. The fourth-order valence-electron chi connectivity index (χ4n) is 6.92. The Morgan fingerprint density at radius 1 is 1.04 bits per heavy atom. The first kappa shape index (κ1) is 32.8. The molecule has 1 aromatic heterocycles. The van der Waals surface area contributed by atoms with E-state index in [9.17, 15) is 14.7 Å². The highest BCUT2D eigenvalue weighted by Gasteiger charge is 2.46. The van der Waals surface area contributed by atoms with Crippen LogP contribution >= 0.6 is 0 Å². The van der Waals surface area contributed by atoms with Gasteiger partial charge in [-0.05, 0) is 48.8 Å². The minimum atomic E-state index is -2.75. The number of aryl methyl sites for hydroxylation is 1. The number of hydrogen-bond acceptors (Lipinski definition) is 8. The Hall–Kier alpha value is -4.16. The van der Waals surface area contributed by atoms with Crippen molar-refractivity contribution < 1.29 is 24.2 Å². The van der Waals surface area contributed by atoms with E-state index in [1.54, 1.807) is 11.8 Å². The van der Waals surface area contributed by atoms with Gasteiger partial charge in [-0.25, -0.2) is 5.01 Å². The van der Waals surface area contributed by atoms with Gasteiger partial charge in [0.05, 0.1) is 35.7 Å². The Balaban J connectivity index is 1.23. The van der Waals surface area contributed by atoms with Crippen molar-refractivity contribution in [2.75, 3.05) is 18.7 Å². The van der Waals surface area contributed by atoms with Crippen LogP contribution in [0, 0.1) is 5.92 Å². The number of methoxy groups -OCH3 is 1. The molecule has 2 N–H and O–H groups in total. The summed E-state index contributed by atoms with van der Waals surface area (Å²) < 4.78 is 14.6. The second-order valence-corrected chi connectivity index (χ2v) is 17.1. The fraction of sp³-hybridized carbons (Fsp3) is 0.389. The van der Waals surface area contributed by atoms with E-state index in [-0.39, 0.29) is 42.1 Å². The highest BCUT2D eigenvalue weighted by atomic mass is 28.4. The number of nitrogens with zero attached hydrogens (tertiary/aromatic N) is 5. The molecule has 3 heterocycles. The second kappa shape index (κ2) is 13.9. The zero-order chi connectivity index (χ0) is 33.1. The van der Waals surface area contributed by atoms with Crippen LogP contribution in [0.3, 0.4) is 0 Å². The van der Waals surface area contributed by atoms with E-state index >= 15 is 0 Å². The molecule has 0 bridgehead atoms. The van der Waals surface area contributed by atoms with E-state index in [0.717, 1.165) is 22.4 Å². The number of ether oxygens (including phenoxy) is 2. The van der Waals surface area contributed by atoms with E-state index in [1.807, 2.05) is 98.2 Å². The number of aliphatic hydroxyl groups is 1. The van der Waals surface area contributed by atoms with Crippen LogP contribution in [0.2, 0.25) is 18.6 Å². The van der Waals surface area contributed by atoms with Crippen molar-refractivity contribution >= 4 is 25.6 Å². The first-order valence-corrected chi connectivity index (χ1v) is 19.3. The number of carbonyl (C=O) groups excluding carboxylic acids is 1. The zero-order valence-corrected chi connectivity index (χ0v) is 28.4. The van der Waals surface area contributed by atoms with E-state index in [1.165, 1.54) is 5.01 Å². The molecule has 0 fully saturated rings. The highest BCUT2D eigenvalue weighted by Crippen LogP contribution is 2.48. The Morgan fingerprint density at radius 2 is 1.77 bits per heavy atom. The average Bonchev–Trinajstić information content (AvgIpc) is 3.54. The SMILES string of the molecule is CO[C@@H]1c2cc(N3N=C(c4ccccc4)CCC3=O)ccc2O[C@H](C(CCn2cc(C(CO)c3ccccc3)nn2)[Si](C)(C)O)[C@H]1C. The molecular weight excluding hydrogens is 611 g/mol. The molecule has 246 valence electrons. The maximum Gasteiger partial charge on any atom is 0.247 e. The zero-order valence-electron chi connectivity index (χ0n) is 27.4. The summed E-state index contributed by atoms with van der Waals surface area (Å²) in [5.74, 6) is 0.279. The van der Waals surface area contributed by atoms with Crippen molar-refractivity contribution in [1.82, 2.24) is 15.0 Å². The Labute approximate surface area is 276 Å². The highest BCUT2D eigenvalue weighted by molar-refractivity contribution is 6.71. The molecule has 10 nitrogen and oxygen atoms in total. The van der Waals surface area contributed by atoms with Crippen molar-refractivity contribution in [3.8, 4) is 5.75 Å². The first-order chi connectivity index (χ1) is 22.7. The number of amides is 1. The van der Waals surface area contributed by atoms with Gasteiger partial charge in [0.1, 0.15) is 11.9 Å². The molecule has 1 amide bonds. The van der Waals surface area contributed by atoms with Crippen molar-refractivity contribution in [3.05, 3.63) is 107 Å². The Bertz CT molecular complexity index is 1710. The lowest BCUT2D eigenvalue weighted by atomic mass is 9.86. The molecule has 5 atom stereocenters. The minimum absolute atomic E-state index is 0.0558. The van der Waals surface area contributed by atoms with Crippen LogP contribution in [0.5, 0.6) is 5.75 Å². The molecule has 2 aliphatic rings. The van der Waals surface area contributed by atoms with Crippen LogP contribution in [0.4, 0.5) is 5.69 Å². The average molecular weight is 654 g/mol. The third-order valence-corrected chi connectivity index (χ3v) is 11.9. The van der Waals surface area contributed by atoms with Crippen LogP contribution in [0.1, 0.15) is 60.6 Å². The van der Waals surface area contributed by atoms with Crippen LogP contribution in [-0.2, 0) is 16.1 Å². The van der Waals surface area contributed by atoms with Crippen LogP contribution in [0.25, 0.3) is 0 Å². The van der Waals surface area contributed by atoms with Crippen molar-refractivity contribution in [2.45, 2.75) is 69.5 Å². The lowest BCUT2D eigenvalue weighted by Crippen LogP contribution is -2.48. The molecule has 4 aromatic rings. The van der Waals surface area contributed by atoms with Gasteiger partial charge in [0.15, 0.2) is 8.32 Å². The van der Waals surface area contributed by atoms with Crippen molar-refractivity contribution in [1.29, 1.82) is 0 Å². The lowest BCUT2D eigenvalue weighted by molar-refractivity contribution is -0.118. The summed E-state index contributed by atoms with van der Waals surface area (Å²) in [6.07, 6.45) is 2.87. The largest absolute Gasteiger partial charge is 0.490 e. The number of hydrazone groups is 1. The summed E-state index contributed by atoms with van der Waals surface area (Å²) in [7, 11) is -1.06. The van der Waals surface area contributed by atoms with Gasteiger partial charge in [-0.15, -0.1) is 5.10 Å². The third-order valence-electron chi connectivity index (χ3n) is 9.47. The summed E-state index contributed by atoms with van der Waals surface area (Å²) in [5.41, 5.74) is 4.96. The van der Waals surface area contributed by atoms with E-state index < -0.39 is 8.32 Å². The number of aromatic nitrogens is 3. The van der Waals surface area contributed by atoms with E-state index in [2.05, 4.69) is 17.2 Å². The number of benzene rings is 3. The van der Waals surface area contributed by atoms with Gasteiger partial charge in [-0.3, -0.25) is 9.48 Å². The summed E-state index contributed by atoms with van der Waals surface area (Å²) in [5, 5.41) is 25.1. The first-order valence-electron chi connectivity index (χ1n) is 16.3. The van der Waals surface area contributed by atoms with Gasteiger partial charge < -0.3 is 19.4 Å². The Morgan fingerprint density at radius 3 is 2.45 bits per heavy atom. The number of hydrogen-bond donors (Lipinski definition) is 2. The fourth-order valence-corrected chi connectivity index (χ4v) is 8.93. The molecular formula is C36H43N5O5Si. The smallest absolute Gasteiger partial charge is 0.247 e. The minimum Gasteiger partial charge on any atom is -0.490 e.